The fraction of sp³-hybridized carbons (Fsp3) is 0.500. The van der Waals surface area contributed by atoms with Crippen molar-refractivity contribution in [2.75, 3.05) is 13.2 Å². The third-order valence-electron chi connectivity index (χ3n) is 4.45. The Morgan fingerprint density at radius 3 is 2.40 bits per heavy atom. The Hall–Kier alpha value is -1.85. The summed E-state index contributed by atoms with van der Waals surface area (Å²) in [5.74, 6) is 0.997. The summed E-state index contributed by atoms with van der Waals surface area (Å²) < 4.78 is 18.9. The Kier molecular flexibility index (Phi) is 6.10. The van der Waals surface area contributed by atoms with E-state index in [2.05, 4.69) is 28.7 Å². The molecule has 2 heterocycles. The van der Waals surface area contributed by atoms with Crippen molar-refractivity contribution in [3.63, 3.8) is 0 Å². The van der Waals surface area contributed by atoms with Crippen LogP contribution in [0.3, 0.4) is 0 Å². The Labute approximate surface area is 149 Å². The number of halogens is 1. The van der Waals surface area contributed by atoms with Crippen molar-refractivity contribution >= 4 is 0 Å². The lowest BCUT2D eigenvalue weighted by molar-refractivity contribution is 0.0678. The van der Waals surface area contributed by atoms with Crippen LogP contribution in [0.2, 0.25) is 0 Å². The molecule has 0 spiro atoms. The van der Waals surface area contributed by atoms with Crippen LogP contribution in [0.15, 0.2) is 36.7 Å². The highest BCUT2D eigenvalue weighted by Gasteiger charge is 2.20. The van der Waals surface area contributed by atoms with E-state index in [1.165, 1.54) is 12.1 Å². The predicted molar refractivity (Wildman–Crippen MR) is 95.6 cm³/mol. The molecule has 0 radical (unpaired) electrons. The molecule has 1 fully saturated rings. The van der Waals surface area contributed by atoms with Gasteiger partial charge in [0, 0.05) is 50.1 Å². The Morgan fingerprint density at radius 1 is 1.12 bits per heavy atom. The molecule has 0 amide bonds. The van der Waals surface area contributed by atoms with Crippen LogP contribution in [0.4, 0.5) is 4.39 Å². The molecule has 1 aromatic heterocycles. The summed E-state index contributed by atoms with van der Waals surface area (Å²) in [7, 11) is 0. The standard InChI is InChI=1S/C20H26FN3O/c1-15(2)20-22-10-17(11-23-20)13-24(14-19-4-3-9-25-19)12-16-5-7-18(21)8-6-16/h5-8,10-11,15,19H,3-4,9,12-14H2,1-2H3/t19-/m0/s1. The molecular weight excluding hydrogens is 317 g/mol. The molecule has 25 heavy (non-hydrogen) atoms. The molecule has 0 N–H and O–H groups in total. The second-order valence-corrected chi connectivity index (χ2v) is 7.04. The largest absolute Gasteiger partial charge is 0.377 e. The van der Waals surface area contributed by atoms with Gasteiger partial charge in [-0.3, -0.25) is 4.90 Å². The van der Waals surface area contributed by atoms with Gasteiger partial charge in [0.1, 0.15) is 11.6 Å². The van der Waals surface area contributed by atoms with Crippen LogP contribution in [-0.2, 0) is 17.8 Å². The minimum Gasteiger partial charge on any atom is -0.377 e. The van der Waals surface area contributed by atoms with Gasteiger partial charge in [-0.15, -0.1) is 0 Å². The minimum atomic E-state index is -0.202. The van der Waals surface area contributed by atoms with E-state index in [1.807, 2.05) is 24.5 Å². The first kappa shape index (κ1) is 18.0. The van der Waals surface area contributed by atoms with Gasteiger partial charge in [-0.05, 0) is 30.5 Å². The van der Waals surface area contributed by atoms with Crippen LogP contribution >= 0.6 is 0 Å². The van der Waals surface area contributed by atoms with Crippen LogP contribution in [0, 0.1) is 5.82 Å². The molecule has 1 saturated heterocycles. The molecule has 0 aliphatic carbocycles. The van der Waals surface area contributed by atoms with Crippen LogP contribution in [0.5, 0.6) is 0 Å². The molecule has 1 aliphatic rings. The van der Waals surface area contributed by atoms with Crippen LogP contribution < -0.4 is 0 Å². The van der Waals surface area contributed by atoms with Crippen molar-refractivity contribution in [2.24, 2.45) is 0 Å². The quantitative estimate of drug-likeness (QED) is 0.764. The van der Waals surface area contributed by atoms with Crippen molar-refractivity contribution in [2.45, 2.75) is 51.8 Å². The van der Waals surface area contributed by atoms with Gasteiger partial charge in [0.05, 0.1) is 6.10 Å². The molecule has 134 valence electrons. The molecule has 2 aromatic rings. The van der Waals surface area contributed by atoms with Crippen molar-refractivity contribution in [1.29, 1.82) is 0 Å². The van der Waals surface area contributed by atoms with E-state index in [-0.39, 0.29) is 11.9 Å². The van der Waals surface area contributed by atoms with Crippen molar-refractivity contribution < 1.29 is 9.13 Å². The maximum absolute atomic E-state index is 13.2. The molecule has 3 rings (SSSR count). The molecule has 4 nitrogen and oxygen atoms in total. The summed E-state index contributed by atoms with van der Waals surface area (Å²) in [5, 5.41) is 0. The van der Waals surface area contributed by atoms with Gasteiger partial charge in [-0.1, -0.05) is 26.0 Å². The molecular formula is C20H26FN3O. The zero-order valence-corrected chi connectivity index (χ0v) is 15.0. The first-order valence-corrected chi connectivity index (χ1v) is 8.99. The lowest BCUT2D eigenvalue weighted by Gasteiger charge is -2.25. The first-order valence-electron chi connectivity index (χ1n) is 8.99. The average molecular weight is 343 g/mol. The highest BCUT2D eigenvalue weighted by atomic mass is 19.1. The van der Waals surface area contributed by atoms with Crippen molar-refractivity contribution in [1.82, 2.24) is 14.9 Å². The third kappa shape index (κ3) is 5.31. The summed E-state index contributed by atoms with van der Waals surface area (Å²) in [5.41, 5.74) is 2.18. The Bertz CT molecular complexity index is 652. The van der Waals surface area contributed by atoms with E-state index in [0.717, 1.165) is 56.0 Å². The minimum absolute atomic E-state index is 0.202. The highest BCUT2D eigenvalue weighted by Crippen LogP contribution is 2.17. The molecule has 1 atom stereocenters. The normalized spacial score (nSPS) is 17.6. The topological polar surface area (TPSA) is 38.2 Å². The van der Waals surface area contributed by atoms with Crippen LogP contribution in [0.1, 0.15) is 49.6 Å². The molecule has 0 saturated carbocycles. The van der Waals surface area contributed by atoms with E-state index < -0.39 is 0 Å². The maximum atomic E-state index is 13.2. The lowest BCUT2D eigenvalue weighted by Crippen LogP contribution is -2.31. The average Bonchev–Trinajstić information content (AvgIpc) is 3.10. The van der Waals surface area contributed by atoms with Gasteiger partial charge in [-0.25, -0.2) is 14.4 Å². The van der Waals surface area contributed by atoms with E-state index in [1.54, 1.807) is 0 Å². The summed E-state index contributed by atoms with van der Waals surface area (Å²) >= 11 is 0. The zero-order chi connectivity index (χ0) is 17.6. The first-order chi connectivity index (χ1) is 12.1. The van der Waals surface area contributed by atoms with Gasteiger partial charge >= 0.3 is 0 Å². The lowest BCUT2D eigenvalue weighted by atomic mass is 10.1. The van der Waals surface area contributed by atoms with Gasteiger partial charge in [0.25, 0.3) is 0 Å². The van der Waals surface area contributed by atoms with Crippen molar-refractivity contribution in [3.05, 3.63) is 59.4 Å². The number of benzene rings is 1. The summed E-state index contributed by atoms with van der Waals surface area (Å²) in [6.07, 6.45) is 6.32. The monoisotopic (exact) mass is 343 g/mol. The molecule has 0 bridgehead atoms. The maximum Gasteiger partial charge on any atom is 0.130 e. The van der Waals surface area contributed by atoms with Gasteiger partial charge in [0.15, 0.2) is 0 Å². The number of nitrogens with zero attached hydrogens (tertiary/aromatic N) is 3. The second-order valence-electron chi connectivity index (χ2n) is 7.04. The number of hydrogen-bond acceptors (Lipinski definition) is 4. The smallest absolute Gasteiger partial charge is 0.130 e. The zero-order valence-electron chi connectivity index (χ0n) is 15.0. The summed E-state index contributed by atoms with van der Waals surface area (Å²) in [4.78, 5) is 11.3. The van der Waals surface area contributed by atoms with Crippen LogP contribution in [-0.4, -0.2) is 34.1 Å². The molecule has 0 unspecified atom stereocenters. The van der Waals surface area contributed by atoms with Gasteiger partial charge in [-0.2, -0.15) is 0 Å². The number of aromatic nitrogens is 2. The summed E-state index contributed by atoms with van der Waals surface area (Å²) in [6.45, 7) is 7.41. The Morgan fingerprint density at radius 2 is 1.80 bits per heavy atom. The van der Waals surface area contributed by atoms with E-state index in [9.17, 15) is 4.39 Å². The fourth-order valence-electron chi connectivity index (χ4n) is 3.11. The van der Waals surface area contributed by atoms with Gasteiger partial charge < -0.3 is 4.74 Å². The molecule has 5 heteroatoms. The van der Waals surface area contributed by atoms with E-state index in [4.69, 9.17) is 4.74 Å². The Balaban J connectivity index is 1.69. The number of hydrogen-bond donors (Lipinski definition) is 0. The van der Waals surface area contributed by atoms with E-state index in [0.29, 0.717) is 5.92 Å². The summed E-state index contributed by atoms with van der Waals surface area (Å²) in [6, 6.07) is 6.71. The number of ether oxygens (including phenoxy) is 1. The van der Waals surface area contributed by atoms with Gasteiger partial charge in [0.2, 0.25) is 0 Å². The van der Waals surface area contributed by atoms with E-state index >= 15 is 0 Å². The molecule has 1 aromatic carbocycles. The predicted octanol–water partition coefficient (Wildman–Crippen LogP) is 3.92. The number of rotatable bonds is 7. The second kappa shape index (κ2) is 8.50. The van der Waals surface area contributed by atoms with Crippen LogP contribution in [0.25, 0.3) is 0 Å². The third-order valence-corrected chi connectivity index (χ3v) is 4.45. The molecule has 1 aliphatic heterocycles. The fourth-order valence-corrected chi connectivity index (χ4v) is 3.11. The SMILES string of the molecule is CC(C)c1ncc(CN(Cc2ccc(F)cc2)C[C@@H]2CCCO2)cn1. The highest BCUT2D eigenvalue weighted by molar-refractivity contribution is 5.16. The van der Waals surface area contributed by atoms with Crippen molar-refractivity contribution in [3.8, 4) is 0 Å².